The van der Waals surface area contributed by atoms with Crippen molar-refractivity contribution < 1.29 is 0 Å². The van der Waals surface area contributed by atoms with Gasteiger partial charge in [0.25, 0.3) is 0 Å². The highest BCUT2D eigenvalue weighted by molar-refractivity contribution is 9.39. The zero-order chi connectivity index (χ0) is 11.9. The number of halogens is 6. The van der Waals surface area contributed by atoms with Crippen molar-refractivity contribution in [3.05, 3.63) is 34.9 Å². The monoisotopic (exact) mass is 588 g/mol. The molecular formula is C9H6Br6. The Kier molecular flexibility index (Phi) is 5.45. The van der Waals surface area contributed by atoms with E-state index in [0.29, 0.717) is 0 Å². The Morgan fingerprint density at radius 2 is 1.40 bits per heavy atom. The van der Waals surface area contributed by atoms with E-state index in [0.717, 1.165) is 11.1 Å². The third-order valence-electron chi connectivity index (χ3n) is 1.86. The summed E-state index contributed by atoms with van der Waals surface area (Å²) in [5.74, 6) is 0. The van der Waals surface area contributed by atoms with Gasteiger partial charge in [-0.1, -0.05) is 114 Å². The molecule has 0 radical (unpaired) electrons. The summed E-state index contributed by atoms with van der Waals surface area (Å²) in [6.45, 7) is 2.07. The number of benzene rings is 1. The molecular weight excluding hydrogens is 588 g/mol. The lowest BCUT2D eigenvalue weighted by Gasteiger charge is -2.19. The Bertz CT molecular complexity index is 360. The molecule has 0 aliphatic carbocycles. The van der Waals surface area contributed by atoms with Gasteiger partial charge in [0.1, 0.15) is 0 Å². The molecule has 0 atom stereocenters. The second-order valence-corrected chi connectivity index (χ2v) is 16.5. The van der Waals surface area contributed by atoms with E-state index in [4.69, 9.17) is 0 Å². The summed E-state index contributed by atoms with van der Waals surface area (Å²) >= 11 is 21.0. The molecule has 0 fully saturated rings. The molecule has 0 bridgehead atoms. The lowest BCUT2D eigenvalue weighted by Crippen LogP contribution is -2.04. The van der Waals surface area contributed by atoms with Gasteiger partial charge in [-0.25, -0.2) is 0 Å². The lowest BCUT2D eigenvalue weighted by molar-refractivity contribution is 1.23. The molecule has 0 nitrogen and oxygen atoms in total. The second-order valence-electron chi connectivity index (χ2n) is 3.03. The first-order chi connectivity index (χ1) is 6.62. The highest BCUT2D eigenvalue weighted by Gasteiger charge is 2.26. The SMILES string of the molecule is Cc1cc(C(Br)(Br)Br)ccc1C(Br)(Br)Br. The number of hydrogen-bond donors (Lipinski definition) is 0. The van der Waals surface area contributed by atoms with E-state index in [2.05, 4.69) is 115 Å². The second kappa shape index (κ2) is 5.39. The van der Waals surface area contributed by atoms with Gasteiger partial charge in [0.05, 0.1) is 0 Å². The first-order valence-corrected chi connectivity index (χ1v) is 8.63. The highest BCUT2D eigenvalue weighted by atomic mass is 80.0. The minimum absolute atomic E-state index is 0.357. The van der Waals surface area contributed by atoms with Gasteiger partial charge in [-0.15, -0.1) is 0 Å². The predicted octanol–water partition coefficient (Wildman–Crippen LogP) is 6.59. The molecule has 84 valence electrons. The smallest absolute Gasteiger partial charge is 0.0555 e. The molecule has 15 heavy (non-hydrogen) atoms. The molecule has 0 aromatic heterocycles. The summed E-state index contributed by atoms with van der Waals surface area (Å²) in [6.07, 6.45) is 0. The van der Waals surface area contributed by atoms with Crippen LogP contribution in [0.4, 0.5) is 0 Å². The Morgan fingerprint density at radius 3 is 1.73 bits per heavy atom. The van der Waals surface area contributed by atoms with Crippen molar-refractivity contribution in [3.8, 4) is 0 Å². The van der Waals surface area contributed by atoms with Crippen LogP contribution in [0.1, 0.15) is 16.7 Å². The number of rotatable bonds is 0. The summed E-state index contributed by atoms with van der Waals surface area (Å²) in [5, 5.41) is 0. The molecule has 0 N–H and O–H groups in total. The van der Waals surface area contributed by atoms with E-state index in [1.807, 2.05) is 6.07 Å². The van der Waals surface area contributed by atoms with Crippen LogP contribution >= 0.6 is 95.6 Å². The maximum atomic E-state index is 3.51. The van der Waals surface area contributed by atoms with Crippen molar-refractivity contribution >= 4 is 95.6 Å². The molecule has 1 aromatic carbocycles. The molecule has 0 aliphatic heterocycles. The minimum Gasteiger partial charge on any atom is -0.0555 e. The number of hydrogen-bond acceptors (Lipinski definition) is 0. The normalized spacial score (nSPS) is 13.0. The molecule has 1 rings (SSSR count). The van der Waals surface area contributed by atoms with Crippen LogP contribution in [0, 0.1) is 6.92 Å². The fourth-order valence-electron chi connectivity index (χ4n) is 1.16. The number of alkyl halides is 6. The Balaban J connectivity index is 3.21. The van der Waals surface area contributed by atoms with Gasteiger partial charge in [-0.05, 0) is 23.6 Å². The van der Waals surface area contributed by atoms with Crippen LogP contribution in [0.15, 0.2) is 18.2 Å². The van der Waals surface area contributed by atoms with Crippen LogP contribution in [0.3, 0.4) is 0 Å². The summed E-state index contributed by atoms with van der Waals surface area (Å²) in [7, 11) is 0. The van der Waals surface area contributed by atoms with Crippen LogP contribution < -0.4 is 0 Å². The van der Waals surface area contributed by atoms with Crippen LogP contribution in [-0.4, -0.2) is 0 Å². The van der Waals surface area contributed by atoms with Gasteiger partial charge in [0.2, 0.25) is 0 Å². The van der Waals surface area contributed by atoms with Crippen molar-refractivity contribution in [2.75, 3.05) is 0 Å². The minimum atomic E-state index is -0.358. The molecule has 0 saturated heterocycles. The van der Waals surface area contributed by atoms with Crippen molar-refractivity contribution in [1.29, 1.82) is 0 Å². The van der Waals surface area contributed by atoms with E-state index in [1.54, 1.807) is 0 Å². The van der Waals surface area contributed by atoms with E-state index < -0.39 is 0 Å². The molecule has 0 unspecified atom stereocenters. The van der Waals surface area contributed by atoms with Crippen molar-refractivity contribution in [2.45, 2.75) is 11.2 Å². The van der Waals surface area contributed by atoms with Crippen LogP contribution in [0.2, 0.25) is 0 Å². The van der Waals surface area contributed by atoms with Crippen molar-refractivity contribution in [2.24, 2.45) is 0 Å². The third kappa shape index (κ3) is 4.36. The van der Waals surface area contributed by atoms with E-state index in [-0.39, 0.29) is 4.29 Å². The van der Waals surface area contributed by atoms with E-state index >= 15 is 0 Å². The summed E-state index contributed by atoms with van der Waals surface area (Å²) in [5.41, 5.74) is 3.43. The molecule has 1 aromatic rings. The maximum absolute atomic E-state index is 3.51. The molecule has 0 aliphatic rings. The van der Waals surface area contributed by atoms with Gasteiger partial charge >= 0.3 is 0 Å². The molecule has 0 spiro atoms. The Morgan fingerprint density at radius 1 is 0.867 bits per heavy atom. The molecule has 0 heterocycles. The van der Waals surface area contributed by atoms with Gasteiger partial charge in [-0.2, -0.15) is 0 Å². The first kappa shape index (κ1) is 15.2. The van der Waals surface area contributed by atoms with Gasteiger partial charge in [-0.3, -0.25) is 0 Å². The van der Waals surface area contributed by atoms with Gasteiger partial charge < -0.3 is 0 Å². The fraction of sp³-hybridized carbons (Fsp3) is 0.333. The standard InChI is InChI=1S/C9H6Br6/c1-5-4-6(8(10,11)12)2-3-7(5)9(13,14)15/h2-4H,1H3. The fourth-order valence-corrected chi connectivity index (χ4v) is 3.23. The maximum Gasteiger partial charge on any atom is 0.160 e. The average Bonchev–Trinajstić information content (AvgIpc) is 1.99. The largest absolute Gasteiger partial charge is 0.160 e. The van der Waals surface area contributed by atoms with Gasteiger partial charge in [0, 0.05) is 0 Å². The first-order valence-electron chi connectivity index (χ1n) is 3.87. The van der Waals surface area contributed by atoms with Crippen molar-refractivity contribution in [3.63, 3.8) is 0 Å². The van der Waals surface area contributed by atoms with Crippen LogP contribution in [0.25, 0.3) is 0 Å². The topological polar surface area (TPSA) is 0 Å². The zero-order valence-electron chi connectivity index (χ0n) is 7.50. The summed E-state index contributed by atoms with van der Waals surface area (Å²) in [6, 6.07) is 6.20. The summed E-state index contributed by atoms with van der Waals surface area (Å²) in [4.78, 5) is 0. The number of aryl methyl sites for hydroxylation is 1. The average molecular weight is 594 g/mol. The summed E-state index contributed by atoms with van der Waals surface area (Å²) < 4.78 is -0.715. The van der Waals surface area contributed by atoms with Crippen molar-refractivity contribution in [1.82, 2.24) is 0 Å². The van der Waals surface area contributed by atoms with Gasteiger partial charge in [0.15, 0.2) is 4.29 Å². The molecule has 0 amide bonds. The van der Waals surface area contributed by atoms with E-state index in [9.17, 15) is 0 Å². The third-order valence-corrected chi connectivity index (χ3v) is 4.51. The molecule has 0 saturated carbocycles. The highest BCUT2D eigenvalue weighted by Crippen LogP contribution is 2.48. The zero-order valence-corrected chi connectivity index (χ0v) is 17.0. The predicted molar refractivity (Wildman–Crippen MR) is 88.1 cm³/mol. The Hall–Kier alpha value is 2.10. The van der Waals surface area contributed by atoms with E-state index in [1.165, 1.54) is 5.56 Å². The quantitative estimate of drug-likeness (QED) is 0.298. The lowest BCUT2D eigenvalue weighted by atomic mass is 10.1. The van der Waals surface area contributed by atoms with Crippen LogP contribution in [-0.2, 0) is 4.29 Å². The van der Waals surface area contributed by atoms with Crippen LogP contribution in [0.5, 0.6) is 0 Å². The molecule has 6 heteroatoms. The Labute approximate surface area is 140 Å².